The van der Waals surface area contributed by atoms with Gasteiger partial charge in [0.05, 0.1) is 0 Å². The van der Waals surface area contributed by atoms with Gasteiger partial charge in [-0.25, -0.2) is 0 Å². The fourth-order valence-electron chi connectivity index (χ4n) is 1.94. The minimum Gasteiger partial charge on any atom is -0.384 e. The number of pyridine rings is 1. The van der Waals surface area contributed by atoms with Crippen LogP contribution in [0, 0.1) is 0 Å². The van der Waals surface area contributed by atoms with E-state index >= 15 is 0 Å². The Labute approximate surface area is 126 Å². The molecule has 0 fully saturated rings. The molecule has 2 nitrogen and oxygen atoms in total. The summed E-state index contributed by atoms with van der Waals surface area (Å²) < 4.78 is 0. The van der Waals surface area contributed by atoms with Gasteiger partial charge in [0.25, 0.3) is 0 Å². The van der Waals surface area contributed by atoms with Gasteiger partial charge in [-0.3, -0.25) is 4.98 Å². The fraction of sp³-hybridized carbons (Fsp3) is 0.105. The van der Waals surface area contributed by atoms with Crippen LogP contribution in [0.2, 0.25) is 0 Å². The number of nitrogens with zero attached hydrogens (tertiary/aromatic N) is 1. The summed E-state index contributed by atoms with van der Waals surface area (Å²) in [7, 11) is 0. The fourth-order valence-corrected chi connectivity index (χ4v) is 1.94. The zero-order valence-electron chi connectivity index (χ0n) is 12.0. The number of fused-ring (bicyclic) bond motifs is 1. The van der Waals surface area contributed by atoms with Crippen molar-refractivity contribution in [2.75, 3.05) is 11.9 Å². The quantitative estimate of drug-likeness (QED) is 0.657. The van der Waals surface area contributed by atoms with Gasteiger partial charge < -0.3 is 5.32 Å². The second-order valence-electron chi connectivity index (χ2n) is 4.51. The van der Waals surface area contributed by atoms with E-state index in [1.54, 1.807) is 12.4 Å². The van der Waals surface area contributed by atoms with E-state index in [9.17, 15) is 0 Å². The van der Waals surface area contributed by atoms with Gasteiger partial charge in [-0.15, -0.1) is 0 Å². The number of rotatable bonds is 0. The molecular weight excluding hydrogens is 256 g/mol. The highest BCUT2D eigenvalue weighted by molar-refractivity contribution is 5.54. The van der Waals surface area contributed by atoms with E-state index in [1.165, 1.54) is 17.7 Å². The minimum atomic E-state index is 1.11. The third kappa shape index (κ3) is 5.91. The molecule has 0 saturated carbocycles. The lowest BCUT2D eigenvalue weighted by Crippen LogP contribution is -1.90. The summed E-state index contributed by atoms with van der Waals surface area (Å²) >= 11 is 0. The van der Waals surface area contributed by atoms with Crippen LogP contribution in [0.15, 0.2) is 91.3 Å². The van der Waals surface area contributed by atoms with Gasteiger partial charge in [0.15, 0.2) is 0 Å². The maximum atomic E-state index is 3.78. The molecule has 1 aromatic heterocycles. The molecule has 0 unspecified atom stereocenters. The average molecular weight is 276 g/mol. The number of hydrogen-bond donors (Lipinski definition) is 1. The van der Waals surface area contributed by atoms with Crippen LogP contribution < -0.4 is 5.32 Å². The van der Waals surface area contributed by atoms with Gasteiger partial charge in [0.2, 0.25) is 0 Å². The van der Waals surface area contributed by atoms with E-state index in [0.717, 1.165) is 6.54 Å². The lowest BCUT2D eigenvalue weighted by atomic mass is 10.2. The molecule has 106 valence electrons. The van der Waals surface area contributed by atoms with Crippen molar-refractivity contribution in [1.82, 2.24) is 4.98 Å². The molecule has 1 aliphatic heterocycles. The van der Waals surface area contributed by atoms with E-state index < -0.39 is 0 Å². The molecular formula is C19H20N2. The summed E-state index contributed by atoms with van der Waals surface area (Å²) in [6, 6.07) is 26.2. The van der Waals surface area contributed by atoms with Crippen LogP contribution in [-0.4, -0.2) is 11.5 Å². The van der Waals surface area contributed by atoms with Gasteiger partial charge >= 0.3 is 0 Å². The predicted molar refractivity (Wildman–Crippen MR) is 89.3 cm³/mol. The molecule has 0 atom stereocenters. The molecule has 0 bridgehead atoms. The molecule has 0 spiro atoms. The first kappa shape index (κ1) is 14.8. The van der Waals surface area contributed by atoms with E-state index in [-0.39, 0.29) is 0 Å². The lowest BCUT2D eigenvalue weighted by Gasteiger charge is -1.94. The smallest absolute Gasteiger partial charge is 0.0373 e. The van der Waals surface area contributed by atoms with E-state index in [2.05, 4.69) is 34.6 Å². The molecule has 1 aliphatic rings. The van der Waals surface area contributed by atoms with Crippen LogP contribution in [0.4, 0.5) is 5.69 Å². The molecule has 2 aromatic carbocycles. The Kier molecular flexibility index (Phi) is 6.56. The molecule has 21 heavy (non-hydrogen) atoms. The standard InChI is InChI=1S/C8H9N.C6H6.C5H5N/c1-2-4-8-7(3-1)5-6-9-8;2*1-2-4-6-5-3-1/h1-4,9H,5-6H2;1-6H;1-5H. The maximum Gasteiger partial charge on any atom is 0.0373 e. The highest BCUT2D eigenvalue weighted by Crippen LogP contribution is 2.19. The van der Waals surface area contributed by atoms with Crippen molar-refractivity contribution >= 4 is 5.69 Å². The van der Waals surface area contributed by atoms with Crippen LogP contribution in [0.5, 0.6) is 0 Å². The van der Waals surface area contributed by atoms with Crippen LogP contribution in [0.3, 0.4) is 0 Å². The summed E-state index contributed by atoms with van der Waals surface area (Å²) in [4.78, 5) is 3.78. The van der Waals surface area contributed by atoms with Gasteiger partial charge in [-0.05, 0) is 30.2 Å². The van der Waals surface area contributed by atoms with Crippen LogP contribution in [-0.2, 0) is 6.42 Å². The largest absolute Gasteiger partial charge is 0.384 e. The Hall–Kier alpha value is -2.61. The molecule has 0 saturated heterocycles. The molecule has 0 radical (unpaired) electrons. The highest BCUT2D eigenvalue weighted by atomic mass is 14.9. The van der Waals surface area contributed by atoms with Gasteiger partial charge in [0.1, 0.15) is 0 Å². The zero-order valence-corrected chi connectivity index (χ0v) is 12.0. The summed E-state index contributed by atoms with van der Waals surface area (Å²) in [5.41, 5.74) is 2.77. The molecule has 4 rings (SSSR count). The van der Waals surface area contributed by atoms with E-state index in [4.69, 9.17) is 0 Å². The van der Waals surface area contributed by atoms with Crippen molar-refractivity contribution in [3.8, 4) is 0 Å². The Bertz CT molecular complexity index is 486. The summed E-state index contributed by atoms with van der Waals surface area (Å²) in [6.45, 7) is 1.11. The summed E-state index contributed by atoms with van der Waals surface area (Å²) in [5, 5.41) is 3.30. The Balaban J connectivity index is 0.000000120. The monoisotopic (exact) mass is 276 g/mol. The Morgan fingerprint density at radius 1 is 0.667 bits per heavy atom. The summed E-state index contributed by atoms with van der Waals surface area (Å²) in [5.74, 6) is 0. The minimum absolute atomic E-state index is 1.11. The van der Waals surface area contributed by atoms with Crippen molar-refractivity contribution in [2.45, 2.75) is 6.42 Å². The third-order valence-corrected chi connectivity index (χ3v) is 2.96. The predicted octanol–water partition coefficient (Wildman–Crippen LogP) is 4.42. The number of nitrogens with one attached hydrogen (secondary N) is 1. The second kappa shape index (κ2) is 9.32. The number of para-hydroxylation sites is 1. The molecule has 0 amide bonds. The first-order valence-electron chi connectivity index (χ1n) is 7.13. The van der Waals surface area contributed by atoms with Crippen molar-refractivity contribution in [1.29, 1.82) is 0 Å². The first-order valence-corrected chi connectivity index (χ1v) is 7.13. The molecule has 2 heteroatoms. The second-order valence-corrected chi connectivity index (χ2v) is 4.51. The van der Waals surface area contributed by atoms with Gasteiger partial charge in [-0.1, -0.05) is 60.7 Å². The van der Waals surface area contributed by atoms with Crippen LogP contribution in [0.25, 0.3) is 0 Å². The van der Waals surface area contributed by atoms with Crippen molar-refractivity contribution < 1.29 is 0 Å². The van der Waals surface area contributed by atoms with E-state index in [1.807, 2.05) is 54.6 Å². The Morgan fingerprint density at radius 3 is 1.71 bits per heavy atom. The first-order chi connectivity index (χ1) is 10.5. The van der Waals surface area contributed by atoms with Crippen LogP contribution in [0.1, 0.15) is 5.56 Å². The van der Waals surface area contributed by atoms with Crippen LogP contribution >= 0.6 is 0 Å². The number of hydrogen-bond acceptors (Lipinski definition) is 2. The maximum absolute atomic E-state index is 3.78. The SMILES string of the molecule is c1ccc2c(c1)CCN2.c1ccccc1.c1ccncc1. The third-order valence-electron chi connectivity index (χ3n) is 2.96. The van der Waals surface area contributed by atoms with Gasteiger partial charge in [0, 0.05) is 24.6 Å². The molecule has 1 N–H and O–H groups in total. The number of benzene rings is 2. The average Bonchev–Trinajstić information content (AvgIpc) is 3.08. The highest BCUT2D eigenvalue weighted by Gasteiger charge is 2.05. The van der Waals surface area contributed by atoms with Crippen molar-refractivity contribution in [3.05, 3.63) is 96.8 Å². The normalized spacial score (nSPS) is 10.9. The van der Waals surface area contributed by atoms with Gasteiger partial charge in [-0.2, -0.15) is 0 Å². The molecule has 0 aliphatic carbocycles. The lowest BCUT2D eigenvalue weighted by molar-refractivity contribution is 1.11. The molecule has 3 aromatic rings. The Morgan fingerprint density at radius 2 is 1.24 bits per heavy atom. The van der Waals surface area contributed by atoms with E-state index in [0.29, 0.717) is 0 Å². The molecule has 2 heterocycles. The topological polar surface area (TPSA) is 24.9 Å². The summed E-state index contributed by atoms with van der Waals surface area (Å²) in [6.07, 6.45) is 4.69. The van der Waals surface area contributed by atoms with Crippen molar-refractivity contribution in [2.24, 2.45) is 0 Å². The van der Waals surface area contributed by atoms with Crippen molar-refractivity contribution in [3.63, 3.8) is 0 Å². The number of anilines is 1. The zero-order chi connectivity index (χ0) is 14.6. The number of aromatic nitrogens is 1.